The van der Waals surface area contributed by atoms with Gasteiger partial charge in [-0.15, -0.1) is 0 Å². The van der Waals surface area contributed by atoms with Crippen LogP contribution in [0.4, 0.5) is 0 Å². The smallest absolute Gasteiger partial charge is 0.0419 e. The largest absolute Gasteiger partial charge is 0.327 e. The molecule has 1 rings (SSSR count). The Labute approximate surface area is 118 Å². The summed E-state index contributed by atoms with van der Waals surface area (Å²) in [6.07, 6.45) is 13.1. The maximum absolute atomic E-state index is 6.18. The first-order chi connectivity index (χ1) is 9.26. The van der Waals surface area contributed by atoms with Crippen molar-refractivity contribution in [3.8, 4) is 0 Å². The zero-order valence-electron chi connectivity index (χ0n) is 12.7. The van der Waals surface area contributed by atoms with Gasteiger partial charge in [-0.2, -0.15) is 0 Å². The molecule has 0 amide bonds. The molecule has 2 nitrogen and oxygen atoms in total. The molecule has 0 aliphatic carbocycles. The van der Waals surface area contributed by atoms with Gasteiger partial charge in [0.05, 0.1) is 0 Å². The van der Waals surface area contributed by atoms with E-state index >= 15 is 0 Å². The summed E-state index contributed by atoms with van der Waals surface area (Å²) >= 11 is 0. The van der Waals surface area contributed by atoms with E-state index in [-0.39, 0.29) is 6.04 Å². The minimum Gasteiger partial charge on any atom is -0.327 e. The molecule has 0 saturated heterocycles. The average molecular weight is 262 g/mol. The van der Waals surface area contributed by atoms with Gasteiger partial charge >= 0.3 is 0 Å². The summed E-state index contributed by atoms with van der Waals surface area (Å²) in [5, 5.41) is 0. The fourth-order valence-corrected chi connectivity index (χ4v) is 2.34. The molecule has 0 fully saturated rings. The summed E-state index contributed by atoms with van der Waals surface area (Å²) in [6.45, 7) is 4.41. The molecule has 1 atom stereocenters. The maximum Gasteiger partial charge on any atom is 0.0419 e. The summed E-state index contributed by atoms with van der Waals surface area (Å²) in [7, 11) is 0. The van der Waals surface area contributed by atoms with E-state index in [4.69, 9.17) is 5.73 Å². The van der Waals surface area contributed by atoms with Crippen LogP contribution in [0.25, 0.3) is 0 Å². The lowest BCUT2D eigenvalue weighted by Gasteiger charge is -2.11. The van der Waals surface area contributed by atoms with E-state index < -0.39 is 0 Å². The Kier molecular flexibility index (Phi) is 8.48. The Hall–Kier alpha value is -0.890. The molecular formula is C17H30N2. The van der Waals surface area contributed by atoms with Crippen LogP contribution in [0.5, 0.6) is 0 Å². The monoisotopic (exact) mass is 262 g/mol. The molecule has 1 aromatic rings. The number of unbranched alkanes of at least 4 members (excludes halogenated alkanes) is 5. The van der Waals surface area contributed by atoms with Crippen LogP contribution >= 0.6 is 0 Å². The normalized spacial score (nSPS) is 12.6. The summed E-state index contributed by atoms with van der Waals surface area (Å²) < 4.78 is 0. The number of nitrogens with zero attached hydrogens (tertiary/aromatic N) is 1. The molecule has 0 aliphatic heterocycles. The Morgan fingerprint density at radius 3 is 2.42 bits per heavy atom. The van der Waals surface area contributed by atoms with Gasteiger partial charge in [0.2, 0.25) is 0 Å². The molecule has 0 aliphatic rings. The zero-order chi connectivity index (χ0) is 13.9. The van der Waals surface area contributed by atoms with Crippen LogP contribution in [0.3, 0.4) is 0 Å². The standard InChI is InChI=1S/C17H30N2/c1-3-5-6-7-8-9-10-16(18)13-17-12-11-15(4-2)14-19-17/h11-12,14,16H,3-10,13,18H2,1-2H3. The van der Waals surface area contributed by atoms with Crippen LogP contribution in [0, 0.1) is 0 Å². The zero-order valence-corrected chi connectivity index (χ0v) is 12.7. The van der Waals surface area contributed by atoms with Crippen molar-refractivity contribution in [3.63, 3.8) is 0 Å². The van der Waals surface area contributed by atoms with Gasteiger partial charge in [-0.1, -0.05) is 58.4 Å². The SMILES string of the molecule is CCCCCCCCC(N)Cc1ccc(CC)cn1. The van der Waals surface area contributed by atoms with Crippen LogP contribution in [-0.4, -0.2) is 11.0 Å². The minimum atomic E-state index is 0.270. The Morgan fingerprint density at radius 1 is 1.05 bits per heavy atom. The number of pyridine rings is 1. The second-order valence-electron chi connectivity index (χ2n) is 5.53. The van der Waals surface area contributed by atoms with Crippen LogP contribution in [0.1, 0.15) is 70.1 Å². The van der Waals surface area contributed by atoms with Gasteiger partial charge in [-0.25, -0.2) is 0 Å². The highest BCUT2D eigenvalue weighted by atomic mass is 14.7. The Bertz CT molecular complexity index is 319. The minimum absolute atomic E-state index is 0.270. The Balaban J connectivity index is 2.14. The van der Waals surface area contributed by atoms with Crippen molar-refractivity contribution in [2.75, 3.05) is 0 Å². The highest BCUT2D eigenvalue weighted by Crippen LogP contribution is 2.10. The first-order valence-electron chi connectivity index (χ1n) is 7.95. The molecule has 2 N–H and O–H groups in total. The molecule has 1 unspecified atom stereocenters. The molecule has 2 heteroatoms. The quantitative estimate of drug-likeness (QED) is 0.640. The third-order valence-electron chi connectivity index (χ3n) is 3.69. The van der Waals surface area contributed by atoms with Crippen molar-refractivity contribution in [2.45, 2.75) is 77.7 Å². The van der Waals surface area contributed by atoms with Crippen LogP contribution in [-0.2, 0) is 12.8 Å². The predicted octanol–water partition coefficient (Wildman–Crippen LogP) is 4.26. The summed E-state index contributed by atoms with van der Waals surface area (Å²) in [5.74, 6) is 0. The van der Waals surface area contributed by atoms with Gasteiger partial charge < -0.3 is 5.73 Å². The molecule has 0 spiro atoms. The molecule has 0 aromatic carbocycles. The third kappa shape index (κ3) is 7.31. The molecule has 1 aromatic heterocycles. The van der Waals surface area contributed by atoms with Gasteiger partial charge in [0.25, 0.3) is 0 Å². The lowest BCUT2D eigenvalue weighted by atomic mass is 10.0. The second kappa shape index (κ2) is 9.96. The van der Waals surface area contributed by atoms with E-state index in [1.54, 1.807) is 0 Å². The molecule has 108 valence electrons. The molecule has 0 bridgehead atoms. The van der Waals surface area contributed by atoms with Gasteiger partial charge in [-0.05, 0) is 24.5 Å². The molecule has 1 heterocycles. The van der Waals surface area contributed by atoms with E-state index in [1.165, 1.54) is 44.1 Å². The fourth-order valence-electron chi connectivity index (χ4n) is 2.34. The van der Waals surface area contributed by atoms with E-state index in [1.807, 2.05) is 6.20 Å². The number of aryl methyl sites for hydroxylation is 1. The number of nitrogens with two attached hydrogens (primary N) is 1. The number of aromatic nitrogens is 1. The van der Waals surface area contributed by atoms with Crippen LogP contribution in [0.15, 0.2) is 18.3 Å². The number of hydrogen-bond donors (Lipinski definition) is 1. The van der Waals surface area contributed by atoms with Crippen molar-refractivity contribution in [1.82, 2.24) is 4.98 Å². The van der Waals surface area contributed by atoms with Crippen molar-refractivity contribution in [1.29, 1.82) is 0 Å². The highest BCUT2D eigenvalue weighted by Gasteiger charge is 2.05. The molecule has 0 saturated carbocycles. The van der Waals surface area contributed by atoms with E-state index in [0.29, 0.717) is 0 Å². The maximum atomic E-state index is 6.18. The molecule has 19 heavy (non-hydrogen) atoms. The van der Waals surface area contributed by atoms with Crippen LogP contribution in [0.2, 0.25) is 0 Å². The van der Waals surface area contributed by atoms with Gasteiger partial charge in [0, 0.05) is 24.4 Å². The van der Waals surface area contributed by atoms with Crippen LogP contribution < -0.4 is 5.73 Å². The van der Waals surface area contributed by atoms with Crippen molar-refractivity contribution in [3.05, 3.63) is 29.6 Å². The third-order valence-corrected chi connectivity index (χ3v) is 3.69. The summed E-state index contributed by atoms with van der Waals surface area (Å²) in [5.41, 5.74) is 8.61. The van der Waals surface area contributed by atoms with Gasteiger partial charge in [0.15, 0.2) is 0 Å². The Morgan fingerprint density at radius 2 is 1.79 bits per heavy atom. The summed E-state index contributed by atoms with van der Waals surface area (Å²) in [6, 6.07) is 4.56. The first-order valence-corrected chi connectivity index (χ1v) is 7.95. The summed E-state index contributed by atoms with van der Waals surface area (Å²) in [4.78, 5) is 4.48. The molecule has 0 radical (unpaired) electrons. The topological polar surface area (TPSA) is 38.9 Å². The van der Waals surface area contributed by atoms with E-state index in [9.17, 15) is 0 Å². The number of hydrogen-bond acceptors (Lipinski definition) is 2. The van der Waals surface area contributed by atoms with E-state index in [2.05, 4.69) is 31.0 Å². The highest BCUT2D eigenvalue weighted by molar-refractivity contribution is 5.14. The van der Waals surface area contributed by atoms with Gasteiger partial charge in [-0.3, -0.25) is 4.98 Å². The predicted molar refractivity (Wildman–Crippen MR) is 83.3 cm³/mol. The molecular weight excluding hydrogens is 232 g/mol. The van der Waals surface area contributed by atoms with E-state index in [0.717, 1.165) is 25.0 Å². The first kappa shape index (κ1) is 16.2. The lowest BCUT2D eigenvalue weighted by Crippen LogP contribution is -2.23. The second-order valence-corrected chi connectivity index (χ2v) is 5.53. The number of rotatable bonds is 10. The lowest BCUT2D eigenvalue weighted by molar-refractivity contribution is 0.529. The van der Waals surface area contributed by atoms with Crippen molar-refractivity contribution < 1.29 is 0 Å². The average Bonchev–Trinajstić information content (AvgIpc) is 2.43. The van der Waals surface area contributed by atoms with Gasteiger partial charge in [0.1, 0.15) is 0 Å². The fraction of sp³-hybridized carbons (Fsp3) is 0.706. The van der Waals surface area contributed by atoms with Crippen molar-refractivity contribution >= 4 is 0 Å². The van der Waals surface area contributed by atoms with Crippen molar-refractivity contribution in [2.24, 2.45) is 5.73 Å².